The molecule has 0 amide bonds. The van der Waals surface area contributed by atoms with Crippen LogP contribution in [0.4, 0.5) is 10.1 Å². The highest BCUT2D eigenvalue weighted by atomic mass is 19.1. The third kappa shape index (κ3) is 3.96. The maximum atomic E-state index is 13.8. The van der Waals surface area contributed by atoms with E-state index >= 15 is 0 Å². The first kappa shape index (κ1) is 14.9. The van der Waals surface area contributed by atoms with Gasteiger partial charge in [-0.3, -0.25) is 0 Å². The lowest BCUT2D eigenvalue weighted by Gasteiger charge is -2.19. The molecule has 0 aliphatic rings. The topological polar surface area (TPSA) is 45.0 Å². The molecule has 108 valence electrons. The standard InChI is InChI=1S/C17H17FN2O/c1-2-17(15-5-3-4-6-16(15)18)20-13-7-9-14(10-8-13)21-12-11-19/h3-10,17,20H,2,12H2,1H3. The van der Waals surface area contributed by atoms with Gasteiger partial charge in [0.15, 0.2) is 6.61 Å². The van der Waals surface area contributed by atoms with Crippen LogP contribution in [0.5, 0.6) is 5.75 Å². The lowest BCUT2D eigenvalue weighted by Crippen LogP contribution is -2.11. The molecule has 0 saturated heterocycles. The zero-order valence-corrected chi connectivity index (χ0v) is 11.8. The Bertz CT molecular complexity index is 619. The molecule has 2 aromatic carbocycles. The molecule has 4 heteroatoms. The molecule has 0 radical (unpaired) electrons. The van der Waals surface area contributed by atoms with Crippen LogP contribution in [0.25, 0.3) is 0 Å². The third-order valence-corrected chi connectivity index (χ3v) is 3.19. The van der Waals surface area contributed by atoms with Gasteiger partial charge in [-0.2, -0.15) is 5.26 Å². The highest BCUT2D eigenvalue weighted by Gasteiger charge is 2.13. The maximum absolute atomic E-state index is 13.8. The van der Waals surface area contributed by atoms with Crippen LogP contribution in [0, 0.1) is 17.1 Å². The average molecular weight is 284 g/mol. The molecule has 1 unspecified atom stereocenters. The zero-order valence-electron chi connectivity index (χ0n) is 11.8. The molecule has 2 aromatic rings. The summed E-state index contributed by atoms with van der Waals surface area (Å²) in [5, 5.41) is 11.8. The van der Waals surface area contributed by atoms with E-state index in [4.69, 9.17) is 10.00 Å². The molecular weight excluding hydrogens is 267 g/mol. The van der Waals surface area contributed by atoms with Gasteiger partial charge in [-0.05, 0) is 36.8 Å². The van der Waals surface area contributed by atoms with Crippen molar-refractivity contribution in [3.05, 3.63) is 59.9 Å². The first-order valence-corrected chi connectivity index (χ1v) is 6.85. The van der Waals surface area contributed by atoms with Crippen LogP contribution in [-0.2, 0) is 0 Å². The van der Waals surface area contributed by atoms with Gasteiger partial charge in [0.1, 0.15) is 17.6 Å². The van der Waals surface area contributed by atoms with Crippen LogP contribution in [0.2, 0.25) is 0 Å². The Kier molecular flexibility index (Phi) is 5.16. The second kappa shape index (κ2) is 7.30. The molecule has 3 nitrogen and oxygen atoms in total. The highest BCUT2D eigenvalue weighted by Crippen LogP contribution is 2.25. The van der Waals surface area contributed by atoms with Crippen molar-refractivity contribution in [3.8, 4) is 11.8 Å². The van der Waals surface area contributed by atoms with Crippen molar-refractivity contribution in [2.75, 3.05) is 11.9 Å². The number of halogens is 1. The van der Waals surface area contributed by atoms with E-state index in [0.29, 0.717) is 11.3 Å². The van der Waals surface area contributed by atoms with Gasteiger partial charge in [-0.25, -0.2) is 4.39 Å². The van der Waals surface area contributed by atoms with Gasteiger partial charge in [0.2, 0.25) is 0 Å². The molecule has 0 aliphatic carbocycles. The minimum Gasteiger partial charge on any atom is -0.479 e. The van der Waals surface area contributed by atoms with Crippen molar-refractivity contribution in [1.82, 2.24) is 0 Å². The Morgan fingerprint density at radius 1 is 1.19 bits per heavy atom. The summed E-state index contributed by atoms with van der Waals surface area (Å²) < 4.78 is 19.0. The predicted octanol–water partition coefficient (Wildman–Crippen LogP) is 4.29. The van der Waals surface area contributed by atoms with Crippen LogP contribution >= 0.6 is 0 Å². The van der Waals surface area contributed by atoms with E-state index in [2.05, 4.69) is 5.32 Å². The Morgan fingerprint density at radius 2 is 1.90 bits per heavy atom. The van der Waals surface area contributed by atoms with Crippen molar-refractivity contribution in [2.45, 2.75) is 19.4 Å². The Labute approximate surface area is 124 Å². The quantitative estimate of drug-likeness (QED) is 0.860. The Morgan fingerprint density at radius 3 is 2.52 bits per heavy atom. The molecule has 0 bridgehead atoms. The largest absolute Gasteiger partial charge is 0.479 e. The van der Waals surface area contributed by atoms with Gasteiger partial charge in [-0.1, -0.05) is 25.1 Å². The normalized spacial score (nSPS) is 11.5. The molecule has 0 saturated carbocycles. The summed E-state index contributed by atoms with van der Waals surface area (Å²) in [6.45, 7) is 2.04. The molecule has 0 aliphatic heterocycles. The summed E-state index contributed by atoms with van der Waals surface area (Å²) in [6.07, 6.45) is 0.771. The van der Waals surface area contributed by atoms with Gasteiger partial charge in [0, 0.05) is 11.3 Å². The van der Waals surface area contributed by atoms with Crippen LogP contribution in [0.3, 0.4) is 0 Å². The molecule has 1 N–H and O–H groups in total. The number of nitrogens with one attached hydrogen (secondary N) is 1. The number of hydrogen-bond acceptors (Lipinski definition) is 3. The molecule has 0 fully saturated rings. The highest BCUT2D eigenvalue weighted by molar-refractivity contribution is 5.48. The van der Waals surface area contributed by atoms with Crippen molar-refractivity contribution in [3.63, 3.8) is 0 Å². The smallest absolute Gasteiger partial charge is 0.174 e. The van der Waals surface area contributed by atoms with E-state index in [-0.39, 0.29) is 18.5 Å². The molecular formula is C17H17FN2O. The fourth-order valence-corrected chi connectivity index (χ4v) is 2.12. The second-order valence-corrected chi connectivity index (χ2v) is 4.60. The zero-order chi connectivity index (χ0) is 15.1. The minimum atomic E-state index is -0.203. The van der Waals surface area contributed by atoms with Crippen LogP contribution in [-0.4, -0.2) is 6.61 Å². The SMILES string of the molecule is CCC(Nc1ccc(OCC#N)cc1)c1ccccc1F. The maximum Gasteiger partial charge on any atom is 0.174 e. The summed E-state index contributed by atoms with van der Waals surface area (Å²) in [5.41, 5.74) is 1.54. The minimum absolute atomic E-state index is 0.0274. The van der Waals surface area contributed by atoms with Gasteiger partial charge >= 0.3 is 0 Å². The van der Waals surface area contributed by atoms with Gasteiger partial charge in [-0.15, -0.1) is 0 Å². The molecule has 2 rings (SSSR count). The van der Waals surface area contributed by atoms with E-state index in [9.17, 15) is 4.39 Å². The van der Waals surface area contributed by atoms with Gasteiger partial charge < -0.3 is 10.1 Å². The second-order valence-electron chi connectivity index (χ2n) is 4.60. The van der Waals surface area contributed by atoms with Crippen LogP contribution in [0.15, 0.2) is 48.5 Å². The number of nitriles is 1. The monoisotopic (exact) mass is 284 g/mol. The fraction of sp³-hybridized carbons (Fsp3) is 0.235. The number of nitrogens with zero attached hydrogens (tertiary/aromatic N) is 1. The van der Waals surface area contributed by atoms with E-state index in [1.54, 1.807) is 24.3 Å². The van der Waals surface area contributed by atoms with Crippen molar-refractivity contribution < 1.29 is 9.13 Å². The molecule has 0 heterocycles. The number of benzene rings is 2. The lowest BCUT2D eigenvalue weighted by molar-refractivity contribution is 0.368. The number of ether oxygens (including phenoxy) is 1. The molecule has 1 atom stereocenters. The molecule has 0 spiro atoms. The van der Waals surface area contributed by atoms with E-state index < -0.39 is 0 Å². The number of hydrogen-bond donors (Lipinski definition) is 1. The average Bonchev–Trinajstić information content (AvgIpc) is 2.52. The number of rotatable bonds is 6. The summed E-state index contributed by atoms with van der Waals surface area (Å²) in [5.74, 6) is 0.437. The van der Waals surface area contributed by atoms with Crippen molar-refractivity contribution in [1.29, 1.82) is 5.26 Å². The van der Waals surface area contributed by atoms with E-state index in [1.165, 1.54) is 6.07 Å². The first-order chi connectivity index (χ1) is 10.2. The summed E-state index contributed by atoms with van der Waals surface area (Å²) in [7, 11) is 0. The molecule has 0 aromatic heterocycles. The number of anilines is 1. The van der Waals surface area contributed by atoms with E-state index in [1.807, 2.05) is 31.2 Å². The predicted molar refractivity (Wildman–Crippen MR) is 80.6 cm³/mol. The Hall–Kier alpha value is -2.54. The van der Waals surface area contributed by atoms with Crippen molar-refractivity contribution >= 4 is 5.69 Å². The summed E-state index contributed by atoms with van der Waals surface area (Å²) in [6, 6.07) is 15.9. The summed E-state index contributed by atoms with van der Waals surface area (Å²) in [4.78, 5) is 0. The first-order valence-electron chi connectivity index (χ1n) is 6.85. The Balaban J connectivity index is 2.09. The van der Waals surface area contributed by atoms with Crippen molar-refractivity contribution in [2.24, 2.45) is 0 Å². The van der Waals surface area contributed by atoms with E-state index in [0.717, 1.165) is 12.1 Å². The lowest BCUT2D eigenvalue weighted by atomic mass is 10.0. The third-order valence-electron chi connectivity index (χ3n) is 3.19. The van der Waals surface area contributed by atoms with Crippen LogP contribution < -0.4 is 10.1 Å². The summed E-state index contributed by atoms with van der Waals surface area (Å²) >= 11 is 0. The van der Waals surface area contributed by atoms with Gasteiger partial charge in [0.25, 0.3) is 0 Å². The fourth-order valence-electron chi connectivity index (χ4n) is 2.12. The van der Waals surface area contributed by atoms with Gasteiger partial charge in [0.05, 0.1) is 6.04 Å². The van der Waals surface area contributed by atoms with Crippen LogP contribution in [0.1, 0.15) is 24.9 Å². The molecule has 21 heavy (non-hydrogen) atoms.